The van der Waals surface area contributed by atoms with Crippen molar-refractivity contribution >= 4 is 22.1 Å². The maximum atomic E-state index is 12.8. The Morgan fingerprint density at radius 2 is 1.22 bits per heavy atom. The van der Waals surface area contributed by atoms with Crippen molar-refractivity contribution in [3.05, 3.63) is 0 Å². The molecular formula is C16H28F6O3Si2. The van der Waals surface area contributed by atoms with E-state index < -0.39 is 44.5 Å². The summed E-state index contributed by atoms with van der Waals surface area (Å²) in [6.07, 6.45) is -7.75. The number of hydrogen-bond donors (Lipinski definition) is 1. The van der Waals surface area contributed by atoms with Crippen LogP contribution >= 0.6 is 0 Å². The van der Waals surface area contributed by atoms with Crippen molar-refractivity contribution < 1.29 is 41.0 Å². The lowest BCUT2D eigenvalue weighted by molar-refractivity contribution is -0.146. The van der Waals surface area contributed by atoms with Gasteiger partial charge in [-0.05, 0) is 25.7 Å². The first-order valence-corrected chi connectivity index (χ1v) is 15.2. The largest absolute Gasteiger partial charge is 0.470 e. The first-order valence-electron chi connectivity index (χ1n) is 8.77. The van der Waals surface area contributed by atoms with Gasteiger partial charge in [-0.15, -0.1) is 0 Å². The van der Waals surface area contributed by atoms with Crippen LogP contribution in [0.3, 0.4) is 0 Å². The molecule has 0 amide bonds. The fourth-order valence-corrected chi connectivity index (χ4v) is 9.14. The molecule has 0 aliphatic heterocycles. The highest BCUT2D eigenvalue weighted by Gasteiger charge is 2.71. The molecule has 0 saturated heterocycles. The summed E-state index contributed by atoms with van der Waals surface area (Å²) in [4.78, 5) is 10.6. The highest BCUT2D eigenvalue weighted by Crippen LogP contribution is 2.70. The number of carbonyl (C=O) groups is 1. The van der Waals surface area contributed by atoms with Crippen LogP contribution in [0.15, 0.2) is 0 Å². The minimum absolute atomic E-state index is 0.0398. The van der Waals surface area contributed by atoms with Crippen molar-refractivity contribution in [2.75, 3.05) is 12.5 Å². The SMILES string of the molecule is CC(=O)OC[Si](C)(C)C1(C(F)(F)F)CC1.C[Si](C)(CO)C1(C(F)(F)F)CC1. The predicted octanol–water partition coefficient (Wildman–Crippen LogP) is 5.22. The van der Waals surface area contributed by atoms with Crippen molar-refractivity contribution in [3.8, 4) is 0 Å². The van der Waals surface area contributed by atoms with Gasteiger partial charge in [-0.25, -0.2) is 0 Å². The Labute approximate surface area is 157 Å². The molecule has 2 saturated carbocycles. The normalized spacial score (nSPS) is 21.0. The summed E-state index contributed by atoms with van der Waals surface area (Å²) in [5.74, 6) is -0.506. The Hall–Kier alpha value is -0.556. The summed E-state index contributed by atoms with van der Waals surface area (Å²) in [7, 11) is -5.08. The number of hydrogen-bond acceptors (Lipinski definition) is 3. The van der Waals surface area contributed by atoms with Gasteiger partial charge in [0, 0.05) is 13.2 Å². The monoisotopic (exact) mass is 438 g/mol. The van der Waals surface area contributed by atoms with Crippen molar-refractivity contribution in [1.82, 2.24) is 0 Å². The number of aliphatic hydroxyl groups is 1. The molecule has 2 fully saturated rings. The highest BCUT2D eigenvalue weighted by atomic mass is 28.3. The zero-order valence-electron chi connectivity index (χ0n) is 16.3. The lowest BCUT2D eigenvalue weighted by Gasteiger charge is -2.33. The van der Waals surface area contributed by atoms with Crippen LogP contribution in [-0.4, -0.2) is 52.0 Å². The highest BCUT2D eigenvalue weighted by molar-refractivity contribution is 6.81. The summed E-state index contributed by atoms with van der Waals surface area (Å²) >= 11 is 0. The maximum absolute atomic E-state index is 12.8. The van der Waals surface area contributed by atoms with Crippen LogP contribution in [-0.2, 0) is 9.53 Å². The van der Waals surface area contributed by atoms with Crippen LogP contribution in [0.4, 0.5) is 26.3 Å². The lowest BCUT2D eigenvalue weighted by Crippen LogP contribution is -2.47. The van der Waals surface area contributed by atoms with E-state index in [2.05, 4.69) is 0 Å². The van der Waals surface area contributed by atoms with Gasteiger partial charge in [0.05, 0.1) is 24.4 Å². The summed E-state index contributed by atoms with van der Waals surface area (Å²) in [5.41, 5.74) is 0. The minimum atomic E-state index is -4.15. The molecule has 160 valence electrons. The topological polar surface area (TPSA) is 46.5 Å². The van der Waals surface area contributed by atoms with Crippen LogP contribution in [0, 0.1) is 0 Å². The Morgan fingerprint density at radius 1 is 0.889 bits per heavy atom. The summed E-state index contributed by atoms with van der Waals surface area (Å²) < 4.78 is 80.7. The third-order valence-electron chi connectivity index (χ3n) is 6.21. The molecule has 27 heavy (non-hydrogen) atoms. The van der Waals surface area contributed by atoms with Gasteiger partial charge >= 0.3 is 18.3 Å². The first kappa shape index (κ1) is 24.5. The van der Waals surface area contributed by atoms with E-state index in [0.717, 1.165) is 0 Å². The van der Waals surface area contributed by atoms with E-state index >= 15 is 0 Å². The van der Waals surface area contributed by atoms with Gasteiger partial charge in [0.1, 0.15) is 8.07 Å². The number of carbonyl (C=O) groups excluding carboxylic acids is 1. The molecule has 0 aromatic rings. The zero-order chi connectivity index (χ0) is 21.5. The Balaban J connectivity index is 0.000000277. The molecule has 0 unspecified atom stereocenters. The molecule has 2 rings (SSSR count). The van der Waals surface area contributed by atoms with Crippen molar-refractivity contribution in [2.24, 2.45) is 0 Å². The van der Waals surface area contributed by atoms with Crippen LogP contribution < -0.4 is 0 Å². The lowest BCUT2D eigenvalue weighted by atomic mass is 10.4. The number of alkyl halides is 6. The zero-order valence-corrected chi connectivity index (χ0v) is 18.3. The summed E-state index contributed by atoms with van der Waals surface area (Å²) in [6, 6.07) is 0. The predicted molar refractivity (Wildman–Crippen MR) is 94.6 cm³/mol. The third-order valence-corrected chi connectivity index (χ3v) is 14.6. The van der Waals surface area contributed by atoms with Crippen LogP contribution in [0.5, 0.6) is 0 Å². The molecular weight excluding hydrogens is 410 g/mol. The Kier molecular flexibility index (Phi) is 6.67. The average Bonchev–Trinajstić information content (AvgIpc) is 3.36. The number of ether oxygens (including phenoxy) is 1. The number of rotatable bonds is 5. The number of esters is 1. The Morgan fingerprint density at radius 3 is 1.41 bits per heavy atom. The minimum Gasteiger partial charge on any atom is -0.470 e. The van der Waals surface area contributed by atoms with Crippen molar-refractivity contribution in [3.63, 3.8) is 0 Å². The molecule has 0 atom stereocenters. The van der Waals surface area contributed by atoms with E-state index in [0.29, 0.717) is 0 Å². The second kappa shape index (κ2) is 7.36. The van der Waals surface area contributed by atoms with Gasteiger partial charge in [-0.3, -0.25) is 4.79 Å². The summed E-state index contributed by atoms with van der Waals surface area (Å²) in [5, 5.41) is 5.90. The molecule has 3 nitrogen and oxygen atoms in total. The first-order chi connectivity index (χ1) is 11.9. The molecule has 11 heteroatoms. The molecule has 0 heterocycles. The molecule has 0 aromatic carbocycles. The van der Waals surface area contributed by atoms with Gasteiger partial charge in [0.15, 0.2) is 0 Å². The smallest absolute Gasteiger partial charge is 0.392 e. The van der Waals surface area contributed by atoms with Crippen molar-refractivity contribution in [1.29, 1.82) is 0 Å². The number of halogens is 6. The quantitative estimate of drug-likeness (QED) is 0.364. The van der Waals surface area contributed by atoms with E-state index in [1.807, 2.05) is 0 Å². The van der Waals surface area contributed by atoms with E-state index in [-0.39, 0.29) is 38.1 Å². The fourth-order valence-electron chi connectivity index (χ4n) is 3.51. The van der Waals surface area contributed by atoms with Gasteiger partial charge in [0.2, 0.25) is 0 Å². The molecule has 2 aliphatic carbocycles. The molecule has 1 N–H and O–H groups in total. The number of aliphatic hydroxyl groups excluding tert-OH is 1. The van der Waals surface area contributed by atoms with E-state index in [9.17, 15) is 31.1 Å². The average molecular weight is 439 g/mol. The van der Waals surface area contributed by atoms with E-state index in [1.54, 1.807) is 26.2 Å². The standard InChI is InChI=1S/C9H15F3O2Si.C7H13F3OSi/c1-7(13)14-6-15(2,3)8(4-5-8)9(10,11)12;1-12(2,5-11)6(3-4-6)7(8,9)10/h4-6H2,1-3H3;11H,3-5H2,1-2H3. The summed E-state index contributed by atoms with van der Waals surface area (Å²) in [6.45, 7) is 7.70. The van der Waals surface area contributed by atoms with Crippen LogP contribution in [0.2, 0.25) is 36.3 Å². The molecule has 2 aliphatic rings. The van der Waals surface area contributed by atoms with Crippen molar-refractivity contribution in [2.45, 2.75) is 81.2 Å². The molecule has 0 aromatic heterocycles. The molecule has 0 radical (unpaired) electrons. The van der Waals surface area contributed by atoms with E-state index in [4.69, 9.17) is 9.84 Å². The Bertz CT molecular complexity index is 549. The third kappa shape index (κ3) is 4.72. The van der Waals surface area contributed by atoms with Gasteiger partial charge in [0.25, 0.3) is 0 Å². The van der Waals surface area contributed by atoms with Gasteiger partial charge in [-0.1, -0.05) is 26.2 Å². The molecule has 0 spiro atoms. The molecule has 0 bridgehead atoms. The second-order valence-electron chi connectivity index (χ2n) is 8.87. The van der Waals surface area contributed by atoms with Gasteiger partial charge in [-0.2, -0.15) is 26.3 Å². The maximum Gasteiger partial charge on any atom is 0.392 e. The van der Waals surface area contributed by atoms with E-state index in [1.165, 1.54) is 6.92 Å². The second-order valence-corrected chi connectivity index (χ2v) is 18.9. The van der Waals surface area contributed by atoms with Crippen LogP contribution in [0.1, 0.15) is 32.6 Å². The fraction of sp³-hybridized carbons (Fsp3) is 0.938. The van der Waals surface area contributed by atoms with Crippen LogP contribution in [0.25, 0.3) is 0 Å². The van der Waals surface area contributed by atoms with Gasteiger partial charge < -0.3 is 9.84 Å².